The molecule has 1 N–H and O–H groups in total. The van der Waals surface area contributed by atoms with Crippen LogP contribution in [0.2, 0.25) is 0 Å². The monoisotopic (exact) mass is 313 g/mol. The summed E-state index contributed by atoms with van der Waals surface area (Å²) in [5.74, 6) is 0. The lowest BCUT2D eigenvalue weighted by atomic mass is 9.93. The molecule has 1 aliphatic heterocycles. The molecule has 1 aromatic rings. The van der Waals surface area contributed by atoms with E-state index in [1.807, 2.05) is 0 Å². The third kappa shape index (κ3) is 2.22. The SMILES string of the molecule is O=S(=O)(c1cccc2c1N=S=N2)N(CCO)C1CCC1. The lowest BCUT2D eigenvalue weighted by Gasteiger charge is -2.36. The quantitative estimate of drug-likeness (QED) is 0.916. The minimum Gasteiger partial charge on any atom is -0.395 e. The Bertz CT molecular complexity index is 692. The van der Waals surface area contributed by atoms with Crippen LogP contribution in [0.3, 0.4) is 0 Å². The van der Waals surface area contributed by atoms with Crippen molar-refractivity contribution < 1.29 is 13.5 Å². The fourth-order valence-electron chi connectivity index (χ4n) is 2.39. The molecule has 8 heteroatoms. The van der Waals surface area contributed by atoms with Crippen molar-refractivity contribution in [3.8, 4) is 0 Å². The Kier molecular flexibility index (Phi) is 3.72. The first kappa shape index (κ1) is 13.9. The first-order chi connectivity index (χ1) is 9.64. The Morgan fingerprint density at radius 3 is 2.80 bits per heavy atom. The van der Waals surface area contributed by atoms with Crippen LogP contribution in [-0.4, -0.2) is 37.0 Å². The molecule has 0 spiro atoms. The van der Waals surface area contributed by atoms with Crippen molar-refractivity contribution in [2.45, 2.75) is 30.2 Å². The minimum atomic E-state index is -3.64. The van der Waals surface area contributed by atoms with Crippen LogP contribution < -0.4 is 0 Å². The second kappa shape index (κ2) is 5.36. The molecule has 0 radical (unpaired) electrons. The molecule has 6 nitrogen and oxygen atoms in total. The highest BCUT2D eigenvalue weighted by atomic mass is 32.2. The van der Waals surface area contributed by atoms with Crippen molar-refractivity contribution in [3.63, 3.8) is 0 Å². The number of nitrogens with zero attached hydrogens (tertiary/aromatic N) is 3. The van der Waals surface area contributed by atoms with Crippen LogP contribution in [0.25, 0.3) is 0 Å². The van der Waals surface area contributed by atoms with E-state index in [4.69, 9.17) is 5.11 Å². The number of aliphatic hydroxyl groups is 1. The summed E-state index contributed by atoms with van der Waals surface area (Å²) in [4.78, 5) is 0.184. The molecule has 1 fully saturated rings. The lowest BCUT2D eigenvalue weighted by Crippen LogP contribution is -2.45. The van der Waals surface area contributed by atoms with Gasteiger partial charge in [0.15, 0.2) is 0 Å². The predicted molar refractivity (Wildman–Crippen MR) is 76.6 cm³/mol. The summed E-state index contributed by atoms with van der Waals surface area (Å²) in [6, 6.07) is 4.97. The van der Waals surface area contributed by atoms with Crippen LogP contribution in [0.4, 0.5) is 11.4 Å². The van der Waals surface area contributed by atoms with E-state index in [0.29, 0.717) is 11.4 Å². The van der Waals surface area contributed by atoms with E-state index in [2.05, 4.69) is 8.73 Å². The molecule has 0 unspecified atom stereocenters. The van der Waals surface area contributed by atoms with Gasteiger partial charge in [-0.15, -0.1) is 0 Å². The Balaban J connectivity index is 2.03. The topological polar surface area (TPSA) is 82.3 Å². The van der Waals surface area contributed by atoms with E-state index >= 15 is 0 Å². The molecule has 20 heavy (non-hydrogen) atoms. The van der Waals surface area contributed by atoms with Crippen molar-refractivity contribution in [1.82, 2.24) is 4.31 Å². The van der Waals surface area contributed by atoms with Gasteiger partial charge < -0.3 is 5.11 Å². The number of sulfonamides is 1. The van der Waals surface area contributed by atoms with Crippen molar-refractivity contribution >= 4 is 32.8 Å². The highest BCUT2D eigenvalue weighted by Gasteiger charge is 2.36. The van der Waals surface area contributed by atoms with Gasteiger partial charge in [0, 0.05) is 12.6 Å². The zero-order valence-corrected chi connectivity index (χ0v) is 12.4. The fourth-order valence-corrected chi connectivity index (χ4v) is 4.82. The zero-order chi connectivity index (χ0) is 14.2. The Morgan fingerprint density at radius 1 is 1.35 bits per heavy atom. The Morgan fingerprint density at radius 2 is 2.15 bits per heavy atom. The van der Waals surface area contributed by atoms with E-state index < -0.39 is 10.0 Å². The van der Waals surface area contributed by atoms with Gasteiger partial charge >= 0.3 is 0 Å². The standard InChI is InChI=1S/C12H15N3O3S2/c16-8-7-15(9-3-1-4-9)20(17,18)11-6-2-5-10-12(11)14-19-13-10/h2,5-6,9,16H,1,3-4,7-8H2. The third-order valence-corrected chi connectivity index (χ3v) is 6.16. The van der Waals surface area contributed by atoms with Crippen LogP contribution in [0, 0.1) is 0 Å². The largest absolute Gasteiger partial charge is 0.395 e. The summed E-state index contributed by atoms with van der Waals surface area (Å²) in [6.07, 6.45) is 2.74. The van der Waals surface area contributed by atoms with Crippen LogP contribution in [0.15, 0.2) is 31.8 Å². The van der Waals surface area contributed by atoms with Gasteiger partial charge in [0.1, 0.15) is 16.3 Å². The van der Waals surface area contributed by atoms with Gasteiger partial charge in [0.2, 0.25) is 10.0 Å². The van der Waals surface area contributed by atoms with Gasteiger partial charge in [-0.2, -0.15) is 13.0 Å². The summed E-state index contributed by atoms with van der Waals surface area (Å²) in [5.41, 5.74) is 1.01. The van der Waals surface area contributed by atoms with E-state index in [-0.39, 0.29) is 24.1 Å². The van der Waals surface area contributed by atoms with Gasteiger partial charge in [-0.25, -0.2) is 8.42 Å². The van der Waals surface area contributed by atoms with Crippen LogP contribution in [-0.2, 0) is 21.4 Å². The van der Waals surface area contributed by atoms with Crippen molar-refractivity contribution in [1.29, 1.82) is 0 Å². The maximum absolute atomic E-state index is 12.8. The minimum absolute atomic E-state index is 0.00555. The molecule has 0 amide bonds. The van der Waals surface area contributed by atoms with Crippen LogP contribution in [0.5, 0.6) is 0 Å². The van der Waals surface area contributed by atoms with Gasteiger partial charge in [-0.1, -0.05) is 12.5 Å². The van der Waals surface area contributed by atoms with E-state index in [0.717, 1.165) is 30.6 Å². The number of hydrogen-bond acceptors (Lipinski definition) is 5. The number of fused-ring (bicyclic) bond motifs is 1. The molecule has 0 bridgehead atoms. The number of benzene rings is 1. The molecule has 1 heterocycles. The molecule has 1 saturated carbocycles. The molecule has 1 aliphatic carbocycles. The average molecular weight is 313 g/mol. The molecule has 3 rings (SSSR count). The molecule has 0 saturated heterocycles. The molecule has 2 aliphatic rings. The number of aliphatic hydroxyl groups excluding tert-OH is 1. The lowest BCUT2D eigenvalue weighted by molar-refractivity contribution is 0.178. The molecule has 108 valence electrons. The Labute approximate surface area is 121 Å². The summed E-state index contributed by atoms with van der Waals surface area (Å²) in [6.45, 7) is -0.0536. The van der Waals surface area contributed by atoms with Crippen LogP contribution >= 0.6 is 0 Å². The van der Waals surface area contributed by atoms with Crippen molar-refractivity contribution in [2.75, 3.05) is 13.2 Å². The maximum Gasteiger partial charge on any atom is 0.245 e. The average Bonchev–Trinajstić information content (AvgIpc) is 2.83. The first-order valence-electron chi connectivity index (χ1n) is 6.48. The Hall–Kier alpha value is -1.09. The van der Waals surface area contributed by atoms with Gasteiger partial charge in [0.25, 0.3) is 0 Å². The number of hydrogen-bond donors (Lipinski definition) is 1. The highest BCUT2D eigenvalue weighted by Crippen LogP contribution is 2.40. The normalized spacial score (nSPS) is 17.9. The van der Waals surface area contributed by atoms with Crippen molar-refractivity contribution in [3.05, 3.63) is 18.2 Å². The summed E-state index contributed by atoms with van der Waals surface area (Å²) in [5, 5.41) is 9.16. The summed E-state index contributed by atoms with van der Waals surface area (Å²) < 4.78 is 35.2. The molecule has 1 aromatic carbocycles. The summed E-state index contributed by atoms with van der Waals surface area (Å²) >= 11 is 1.00. The molecular weight excluding hydrogens is 298 g/mol. The molecular formula is C12H15N3O3S2. The van der Waals surface area contributed by atoms with Gasteiger partial charge in [0.05, 0.1) is 18.0 Å². The van der Waals surface area contributed by atoms with Crippen molar-refractivity contribution in [2.24, 2.45) is 8.73 Å². The van der Waals surface area contributed by atoms with E-state index in [9.17, 15) is 8.42 Å². The predicted octanol–water partition coefficient (Wildman–Crippen LogP) is 1.95. The maximum atomic E-state index is 12.8. The second-order valence-electron chi connectivity index (χ2n) is 4.81. The van der Waals surface area contributed by atoms with Gasteiger partial charge in [-0.3, -0.25) is 0 Å². The smallest absolute Gasteiger partial charge is 0.245 e. The molecule has 0 atom stereocenters. The fraction of sp³-hybridized carbons (Fsp3) is 0.500. The van der Waals surface area contributed by atoms with Crippen LogP contribution in [0.1, 0.15) is 19.3 Å². The zero-order valence-electron chi connectivity index (χ0n) is 10.8. The molecule has 0 aromatic heterocycles. The summed E-state index contributed by atoms with van der Waals surface area (Å²) in [7, 11) is -3.64. The van der Waals surface area contributed by atoms with E-state index in [1.165, 1.54) is 4.31 Å². The first-order valence-corrected chi connectivity index (χ1v) is 8.65. The second-order valence-corrected chi connectivity index (χ2v) is 7.20. The third-order valence-electron chi connectivity index (χ3n) is 3.64. The number of rotatable bonds is 5. The highest BCUT2D eigenvalue weighted by molar-refractivity contribution is 7.89. The van der Waals surface area contributed by atoms with E-state index in [1.54, 1.807) is 18.2 Å². The van der Waals surface area contributed by atoms with Gasteiger partial charge in [-0.05, 0) is 25.0 Å².